The number of amides is 1. The number of anilines is 1. The normalized spacial score (nSPS) is 23.1. The van der Waals surface area contributed by atoms with Crippen LogP contribution in [0.4, 0.5) is 18.9 Å². The topological polar surface area (TPSA) is 23.6 Å². The van der Waals surface area contributed by atoms with E-state index in [0.29, 0.717) is 27.8 Å². The molecule has 2 aliphatic rings. The van der Waals surface area contributed by atoms with Crippen LogP contribution in [0.15, 0.2) is 42.5 Å². The molecule has 2 aliphatic heterocycles. The molecule has 142 valence electrons. The van der Waals surface area contributed by atoms with Crippen molar-refractivity contribution in [2.75, 3.05) is 11.4 Å². The maximum atomic E-state index is 13.0. The molecule has 1 amide bonds. The first-order chi connectivity index (χ1) is 12.8. The van der Waals surface area contributed by atoms with Crippen LogP contribution >= 0.6 is 23.2 Å². The third kappa shape index (κ3) is 3.20. The van der Waals surface area contributed by atoms with Crippen LogP contribution in [0.3, 0.4) is 0 Å². The SMILES string of the molecule is O=C1[C@H]2CCCN2[C@@H](c2ccc(C(F)(F)F)cc2)N1c1ccc(Cl)c(Cl)c1. The predicted molar refractivity (Wildman–Crippen MR) is 97.9 cm³/mol. The average molecular weight is 415 g/mol. The third-order valence-corrected chi connectivity index (χ3v) is 5.83. The summed E-state index contributed by atoms with van der Waals surface area (Å²) in [6, 6.07) is 9.63. The van der Waals surface area contributed by atoms with Crippen molar-refractivity contribution >= 4 is 34.8 Å². The van der Waals surface area contributed by atoms with Gasteiger partial charge in [-0.2, -0.15) is 13.2 Å². The fraction of sp³-hybridized carbons (Fsp3) is 0.316. The van der Waals surface area contributed by atoms with E-state index in [4.69, 9.17) is 23.2 Å². The number of hydrogen-bond acceptors (Lipinski definition) is 2. The first-order valence-corrected chi connectivity index (χ1v) is 9.24. The number of rotatable bonds is 2. The van der Waals surface area contributed by atoms with Crippen LogP contribution in [0.2, 0.25) is 10.0 Å². The van der Waals surface area contributed by atoms with E-state index in [0.717, 1.165) is 25.0 Å². The average Bonchev–Trinajstić information content (AvgIpc) is 3.19. The lowest BCUT2D eigenvalue weighted by atomic mass is 10.1. The van der Waals surface area contributed by atoms with E-state index < -0.39 is 17.9 Å². The second-order valence-electron chi connectivity index (χ2n) is 6.70. The van der Waals surface area contributed by atoms with Crippen LogP contribution in [0.5, 0.6) is 0 Å². The van der Waals surface area contributed by atoms with Crippen LogP contribution in [0.1, 0.15) is 30.1 Å². The van der Waals surface area contributed by atoms with Crippen molar-refractivity contribution in [1.82, 2.24) is 4.90 Å². The minimum atomic E-state index is -4.40. The van der Waals surface area contributed by atoms with E-state index in [9.17, 15) is 18.0 Å². The Balaban J connectivity index is 1.77. The van der Waals surface area contributed by atoms with Gasteiger partial charge in [0, 0.05) is 12.2 Å². The highest BCUT2D eigenvalue weighted by atomic mass is 35.5. The van der Waals surface area contributed by atoms with Crippen LogP contribution < -0.4 is 4.90 Å². The Morgan fingerprint density at radius 1 is 1.00 bits per heavy atom. The molecule has 8 heteroatoms. The number of carbonyl (C=O) groups is 1. The van der Waals surface area contributed by atoms with Crippen molar-refractivity contribution in [2.24, 2.45) is 0 Å². The highest BCUT2D eigenvalue weighted by molar-refractivity contribution is 6.42. The van der Waals surface area contributed by atoms with Gasteiger partial charge in [0.1, 0.15) is 6.17 Å². The van der Waals surface area contributed by atoms with Crippen LogP contribution in [0, 0.1) is 0 Å². The maximum Gasteiger partial charge on any atom is 0.416 e. The van der Waals surface area contributed by atoms with Gasteiger partial charge in [0.2, 0.25) is 5.91 Å². The van der Waals surface area contributed by atoms with Crippen LogP contribution in [-0.4, -0.2) is 23.4 Å². The standard InChI is InChI=1S/C19H15Cl2F3N2O/c20-14-8-7-13(10-15(14)21)26-17(25-9-1-2-16(25)18(26)27)11-3-5-12(6-4-11)19(22,23)24/h3-8,10,16-17H,1-2,9H2/t16-,17-/m1/s1. The van der Waals surface area contributed by atoms with Crippen molar-refractivity contribution in [3.63, 3.8) is 0 Å². The molecule has 0 unspecified atom stereocenters. The molecule has 0 saturated carbocycles. The van der Waals surface area contributed by atoms with E-state index >= 15 is 0 Å². The molecule has 2 heterocycles. The van der Waals surface area contributed by atoms with Gasteiger partial charge >= 0.3 is 6.18 Å². The van der Waals surface area contributed by atoms with Crippen LogP contribution in [-0.2, 0) is 11.0 Å². The van der Waals surface area contributed by atoms with E-state index in [1.54, 1.807) is 23.1 Å². The number of alkyl halides is 3. The molecular weight excluding hydrogens is 400 g/mol. The molecule has 0 spiro atoms. The van der Waals surface area contributed by atoms with Gasteiger partial charge in [0.05, 0.1) is 21.7 Å². The molecule has 0 aromatic heterocycles. The van der Waals surface area contributed by atoms with Crippen molar-refractivity contribution in [2.45, 2.75) is 31.2 Å². The summed E-state index contributed by atoms with van der Waals surface area (Å²) < 4.78 is 38.7. The molecule has 2 aromatic carbocycles. The molecule has 2 saturated heterocycles. The largest absolute Gasteiger partial charge is 0.416 e. The van der Waals surface area contributed by atoms with E-state index in [2.05, 4.69) is 0 Å². The number of halogens is 5. The summed E-state index contributed by atoms with van der Waals surface area (Å²) in [5.74, 6) is -0.0733. The molecule has 2 fully saturated rings. The highest BCUT2D eigenvalue weighted by Crippen LogP contribution is 2.44. The molecular formula is C19H15Cl2F3N2O. The summed E-state index contributed by atoms with van der Waals surface area (Å²) in [6.45, 7) is 0.708. The quantitative estimate of drug-likeness (QED) is 0.645. The second-order valence-corrected chi connectivity index (χ2v) is 7.51. The molecule has 0 N–H and O–H groups in total. The van der Waals surface area contributed by atoms with Gasteiger partial charge in [-0.05, 0) is 48.7 Å². The Hall–Kier alpha value is -1.76. The van der Waals surface area contributed by atoms with Gasteiger partial charge in [0.15, 0.2) is 0 Å². The molecule has 0 radical (unpaired) electrons. The predicted octanol–water partition coefficient (Wildman–Crippen LogP) is 5.52. The first-order valence-electron chi connectivity index (χ1n) is 8.48. The Morgan fingerprint density at radius 2 is 1.70 bits per heavy atom. The third-order valence-electron chi connectivity index (χ3n) is 5.09. The molecule has 3 nitrogen and oxygen atoms in total. The van der Waals surface area contributed by atoms with E-state index in [1.165, 1.54) is 12.1 Å². The van der Waals surface area contributed by atoms with Crippen molar-refractivity contribution in [3.8, 4) is 0 Å². The van der Waals surface area contributed by atoms with Gasteiger partial charge in [-0.15, -0.1) is 0 Å². The summed E-state index contributed by atoms with van der Waals surface area (Å²) in [5.41, 5.74) is 0.496. The van der Waals surface area contributed by atoms with Gasteiger partial charge in [-0.25, -0.2) is 0 Å². The Bertz CT molecular complexity index is 886. The minimum Gasteiger partial charge on any atom is -0.290 e. The molecule has 4 rings (SSSR count). The van der Waals surface area contributed by atoms with E-state index in [-0.39, 0.29) is 11.9 Å². The summed E-state index contributed by atoms with van der Waals surface area (Å²) in [5, 5.41) is 0.693. The Labute approximate surface area is 164 Å². The number of fused-ring (bicyclic) bond motifs is 1. The molecule has 2 atom stereocenters. The number of carbonyl (C=O) groups excluding carboxylic acids is 1. The minimum absolute atomic E-state index is 0.0733. The van der Waals surface area contributed by atoms with E-state index in [1.807, 2.05) is 4.90 Å². The fourth-order valence-electron chi connectivity index (χ4n) is 3.86. The molecule has 0 aliphatic carbocycles. The van der Waals surface area contributed by atoms with Gasteiger partial charge in [0.25, 0.3) is 0 Å². The Morgan fingerprint density at radius 3 is 2.33 bits per heavy atom. The van der Waals surface area contributed by atoms with Gasteiger partial charge < -0.3 is 0 Å². The van der Waals surface area contributed by atoms with Gasteiger partial charge in [-0.3, -0.25) is 14.6 Å². The van der Waals surface area contributed by atoms with Crippen LogP contribution in [0.25, 0.3) is 0 Å². The lowest BCUT2D eigenvalue weighted by Crippen LogP contribution is -2.32. The molecule has 0 bridgehead atoms. The molecule has 2 aromatic rings. The monoisotopic (exact) mass is 414 g/mol. The maximum absolute atomic E-state index is 13.0. The zero-order valence-electron chi connectivity index (χ0n) is 14.0. The summed E-state index contributed by atoms with van der Waals surface area (Å²) in [7, 11) is 0. The smallest absolute Gasteiger partial charge is 0.290 e. The first kappa shape index (κ1) is 18.6. The number of nitrogens with zero attached hydrogens (tertiary/aromatic N) is 2. The lowest BCUT2D eigenvalue weighted by Gasteiger charge is -2.30. The summed E-state index contributed by atoms with van der Waals surface area (Å²) in [6.07, 6.45) is -3.26. The van der Waals surface area contributed by atoms with Gasteiger partial charge in [-0.1, -0.05) is 35.3 Å². The number of hydrogen-bond donors (Lipinski definition) is 0. The summed E-state index contributed by atoms with van der Waals surface area (Å²) in [4.78, 5) is 16.7. The highest BCUT2D eigenvalue weighted by Gasteiger charge is 2.49. The molecule has 27 heavy (non-hydrogen) atoms. The van der Waals surface area contributed by atoms with Crippen molar-refractivity contribution in [3.05, 3.63) is 63.6 Å². The lowest BCUT2D eigenvalue weighted by molar-refractivity contribution is -0.137. The zero-order valence-corrected chi connectivity index (χ0v) is 15.5. The second kappa shape index (κ2) is 6.69. The Kier molecular flexibility index (Phi) is 4.61. The fourth-order valence-corrected chi connectivity index (χ4v) is 4.16. The van der Waals surface area contributed by atoms with Crippen molar-refractivity contribution < 1.29 is 18.0 Å². The van der Waals surface area contributed by atoms with Crippen molar-refractivity contribution in [1.29, 1.82) is 0 Å². The zero-order chi connectivity index (χ0) is 19.3. The number of benzene rings is 2. The summed E-state index contributed by atoms with van der Waals surface area (Å²) >= 11 is 12.1.